The molecule has 134 valence electrons. The average molecular weight is 347 g/mol. The highest BCUT2D eigenvalue weighted by atomic mass is 32.1. The van der Waals surface area contributed by atoms with Crippen molar-refractivity contribution in [3.8, 4) is 0 Å². The second-order valence-corrected chi connectivity index (χ2v) is 8.08. The molecule has 22 heavy (non-hydrogen) atoms. The molecule has 0 nitrogen and oxygen atoms in total. The highest BCUT2D eigenvalue weighted by Gasteiger charge is 2.02. The third kappa shape index (κ3) is 18.7. The molecule has 1 unspecified atom stereocenters. The van der Waals surface area contributed by atoms with E-state index < -0.39 is 0 Å². The van der Waals surface area contributed by atoms with Crippen molar-refractivity contribution in [2.45, 2.75) is 121 Å². The molecule has 0 spiro atoms. The van der Waals surface area contributed by atoms with E-state index in [9.17, 15) is 0 Å². The van der Waals surface area contributed by atoms with Crippen molar-refractivity contribution >= 4 is 25.3 Å². The summed E-state index contributed by atoms with van der Waals surface area (Å²) in [5, 5.41) is 0.652. The largest absolute Gasteiger partial charge is 0.179 e. The van der Waals surface area contributed by atoms with Gasteiger partial charge in [0.05, 0.1) is 0 Å². The van der Waals surface area contributed by atoms with Crippen LogP contribution in [0.4, 0.5) is 0 Å². The highest BCUT2D eigenvalue weighted by molar-refractivity contribution is 7.81. The van der Waals surface area contributed by atoms with E-state index in [1.54, 1.807) is 0 Å². The van der Waals surface area contributed by atoms with E-state index in [4.69, 9.17) is 12.6 Å². The topological polar surface area (TPSA) is 0 Å². The van der Waals surface area contributed by atoms with E-state index >= 15 is 0 Å². The van der Waals surface area contributed by atoms with Gasteiger partial charge in [0, 0.05) is 5.25 Å². The fraction of sp³-hybridized carbons (Fsp3) is 1.00. The van der Waals surface area contributed by atoms with Gasteiger partial charge in [-0.2, -0.15) is 25.3 Å². The van der Waals surface area contributed by atoms with Crippen LogP contribution in [0, 0.1) is 0 Å². The van der Waals surface area contributed by atoms with Gasteiger partial charge in [-0.05, 0) is 25.0 Å². The van der Waals surface area contributed by atoms with E-state index in [-0.39, 0.29) is 0 Å². The lowest BCUT2D eigenvalue weighted by Crippen LogP contribution is -1.98. The van der Waals surface area contributed by atoms with Gasteiger partial charge in [-0.3, -0.25) is 0 Å². The summed E-state index contributed by atoms with van der Waals surface area (Å²) in [4.78, 5) is 0. The lowest BCUT2D eigenvalue weighted by atomic mass is 10.0. The molecule has 0 radical (unpaired) electrons. The number of thiol groups is 2. The minimum atomic E-state index is 0.652. The molecule has 0 bridgehead atoms. The standard InChI is InChI=1S/C20H42S2/c1-2-3-4-5-6-7-8-9-11-14-17-20(22)18-15-12-10-13-16-19-21/h20-22H,2-19H2,1H3. The first kappa shape index (κ1) is 22.7. The molecule has 0 aliphatic rings. The van der Waals surface area contributed by atoms with Crippen LogP contribution in [0.25, 0.3) is 0 Å². The summed E-state index contributed by atoms with van der Waals surface area (Å²) in [6.45, 7) is 2.29. The molecular weight excluding hydrogens is 304 g/mol. The summed E-state index contributed by atoms with van der Waals surface area (Å²) < 4.78 is 0. The van der Waals surface area contributed by atoms with Crippen LogP contribution in [0.1, 0.15) is 116 Å². The lowest BCUT2D eigenvalue weighted by Gasteiger charge is -2.10. The molecule has 2 heteroatoms. The summed E-state index contributed by atoms with van der Waals surface area (Å²) in [5.74, 6) is 1.05. The predicted octanol–water partition coefficient (Wildman–Crippen LogP) is 7.87. The molecule has 0 saturated heterocycles. The molecular formula is C20H42S2. The van der Waals surface area contributed by atoms with Crippen LogP contribution in [-0.4, -0.2) is 11.0 Å². The zero-order chi connectivity index (χ0) is 16.3. The molecule has 0 aliphatic heterocycles. The van der Waals surface area contributed by atoms with Crippen molar-refractivity contribution in [2.75, 3.05) is 5.75 Å². The van der Waals surface area contributed by atoms with Crippen LogP contribution >= 0.6 is 25.3 Å². The van der Waals surface area contributed by atoms with Crippen molar-refractivity contribution in [3.05, 3.63) is 0 Å². The third-order valence-corrected chi connectivity index (χ3v) is 5.42. The van der Waals surface area contributed by atoms with Gasteiger partial charge in [-0.25, -0.2) is 0 Å². The third-order valence-electron chi connectivity index (χ3n) is 4.59. The molecule has 0 heterocycles. The average Bonchev–Trinajstić information content (AvgIpc) is 2.52. The molecule has 0 aromatic carbocycles. The summed E-state index contributed by atoms with van der Waals surface area (Å²) in [7, 11) is 0. The summed E-state index contributed by atoms with van der Waals surface area (Å²) in [6, 6.07) is 0. The van der Waals surface area contributed by atoms with E-state index in [2.05, 4.69) is 19.6 Å². The Labute approximate surface area is 152 Å². The van der Waals surface area contributed by atoms with Gasteiger partial charge >= 0.3 is 0 Å². The van der Waals surface area contributed by atoms with Gasteiger partial charge in [0.1, 0.15) is 0 Å². The zero-order valence-electron chi connectivity index (χ0n) is 15.2. The summed E-state index contributed by atoms with van der Waals surface area (Å²) in [5.41, 5.74) is 0. The Morgan fingerprint density at radius 3 is 1.32 bits per heavy atom. The molecule has 0 rings (SSSR count). The van der Waals surface area contributed by atoms with Crippen LogP contribution in [-0.2, 0) is 0 Å². The molecule has 0 fully saturated rings. The maximum atomic E-state index is 4.75. The second-order valence-electron chi connectivity index (χ2n) is 6.90. The normalized spacial score (nSPS) is 12.7. The minimum Gasteiger partial charge on any atom is -0.179 e. The Hall–Kier alpha value is 0.700. The van der Waals surface area contributed by atoms with Gasteiger partial charge < -0.3 is 0 Å². The Kier molecular flexibility index (Phi) is 20.4. The Morgan fingerprint density at radius 1 is 0.545 bits per heavy atom. The van der Waals surface area contributed by atoms with E-state index in [0.717, 1.165) is 5.75 Å². The van der Waals surface area contributed by atoms with Crippen molar-refractivity contribution in [2.24, 2.45) is 0 Å². The van der Waals surface area contributed by atoms with E-state index in [0.29, 0.717) is 5.25 Å². The van der Waals surface area contributed by atoms with E-state index in [1.165, 1.54) is 109 Å². The summed E-state index contributed by atoms with van der Waals surface area (Å²) in [6.07, 6.45) is 23.8. The number of rotatable bonds is 18. The van der Waals surface area contributed by atoms with Gasteiger partial charge in [0.15, 0.2) is 0 Å². The van der Waals surface area contributed by atoms with Crippen LogP contribution in [0.3, 0.4) is 0 Å². The molecule has 0 aromatic heterocycles. The first-order valence-corrected chi connectivity index (χ1v) is 11.2. The van der Waals surface area contributed by atoms with Gasteiger partial charge in [0.25, 0.3) is 0 Å². The molecule has 1 atom stereocenters. The van der Waals surface area contributed by atoms with Crippen molar-refractivity contribution in [1.29, 1.82) is 0 Å². The monoisotopic (exact) mass is 346 g/mol. The lowest BCUT2D eigenvalue weighted by molar-refractivity contribution is 0.533. The van der Waals surface area contributed by atoms with Crippen molar-refractivity contribution in [1.82, 2.24) is 0 Å². The maximum Gasteiger partial charge on any atom is 0.00168 e. The summed E-state index contributed by atoms with van der Waals surface area (Å²) >= 11 is 9.01. The molecule has 0 aromatic rings. The quantitative estimate of drug-likeness (QED) is 0.183. The fourth-order valence-corrected chi connectivity index (χ4v) is 3.62. The van der Waals surface area contributed by atoms with Gasteiger partial charge in [-0.15, -0.1) is 0 Å². The van der Waals surface area contributed by atoms with E-state index in [1.807, 2.05) is 0 Å². The Balaban J connectivity index is 3.10. The van der Waals surface area contributed by atoms with Crippen LogP contribution in [0.15, 0.2) is 0 Å². The van der Waals surface area contributed by atoms with Crippen molar-refractivity contribution < 1.29 is 0 Å². The minimum absolute atomic E-state index is 0.652. The number of hydrogen-bond acceptors (Lipinski definition) is 2. The van der Waals surface area contributed by atoms with Crippen LogP contribution in [0.2, 0.25) is 0 Å². The van der Waals surface area contributed by atoms with Crippen molar-refractivity contribution in [3.63, 3.8) is 0 Å². The van der Waals surface area contributed by atoms with Gasteiger partial charge in [0.2, 0.25) is 0 Å². The van der Waals surface area contributed by atoms with Crippen LogP contribution < -0.4 is 0 Å². The highest BCUT2D eigenvalue weighted by Crippen LogP contribution is 2.18. The Bertz CT molecular complexity index is 194. The number of hydrogen-bond donors (Lipinski definition) is 2. The SMILES string of the molecule is CCCCCCCCCCCCC(S)CCCCCCCS. The Morgan fingerprint density at radius 2 is 0.909 bits per heavy atom. The van der Waals surface area contributed by atoms with Gasteiger partial charge in [-0.1, -0.05) is 96.8 Å². The molecule has 0 amide bonds. The molecule has 0 N–H and O–H groups in total. The molecule has 0 aliphatic carbocycles. The van der Waals surface area contributed by atoms with Crippen LogP contribution in [0.5, 0.6) is 0 Å². The zero-order valence-corrected chi connectivity index (χ0v) is 17.0. The smallest absolute Gasteiger partial charge is 0.00168 e. The first-order valence-electron chi connectivity index (χ1n) is 10.1. The maximum absolute atomic E-state index is 4.75. The first-order chi connectivity index (χ1) is 10.8. The fourth-order valence-electron chi connectivity index (χ4n) is 3.03. The number of unbranched alkanes of at least 4 members (excludes halogenated alkanes) is 13. The predicted molar refractivity (Wildman–Crippen MR) is 111 cm³/mol. The molecule has 0 saturated carbocycles. The second kappa shape index (κ2) is 19.7.